The van der Waals surface area contributed by atoms with Crippen LogP contribution in [0.25, 0.3) is 5.69 Å². The molecule has 1 amide bonds. The van der Waals surface area contributed by atoms with Gasteiger partial charge in [-0.15, -0.1) is 0 Å². The van der Waals surface area contributed by atoms with Crippen molar-refractivity contribution in [2.75, 3.05) is 0 Å². The molecule has 0 aliphatic heterocycles. The molecule has 1 aromatic heterocycles. The highest BCUT2D eigenvalue weighted by atomic mass is 19.1. The normalized spacial score (nSPS) is 20.4. The number of halogens is 1. The van der Waals surface area contributed by atoms with Crippen molar-refractivity contribution in [1.82, 2.24) is 15.1 Å². The summed E-state index contributed by atoms with van der Waals surface area (Å²) >= 11 is 0. The second-order valence-electron chi connectivity index (χ2n) is 5.55. The number of aliphatic carboxylic acids is 1. The Morgan fingerprint density at radius 2 is 2.04 bits per heavy atom. The van der Waals surface area contributed by atoms with Gasteiger partial charge >= 0.3 is 5.97 Å². The molecule has 1 aliphatic carbocycles. The average molecular weight is 317 g/mol. The van der Waals surface area contributed by atoms with Gasteiger partial charge in [0.2, 0.25) is 0 Å². The van der Waals surface area contributed by atoms with Crippen molar-refractivity contribution in [3.63, 3.8) is 0 Å². The lowest BCUT2D eigenvalue weighted by Gasteiger charge is -2.16. The fraction of sp³-hybridized carbons (Fsp3) is 0.312. The third kappa shape index (κ3) is 3.08. The molecule has 0 spiro atoms. The first-order valence-electron chi connectivity index (χ1n) is 7.40. The summed E-state index contributed by atoms with van der Waals surface area (Å²) in [5.41, 5.74) is 0.375. The number of nitrogens with zero attached hydrogens (tertiary/aromatic N) is 2. The monoisotopic (exact) mass is 317 g/mol. The second-order valence-corrected chi connectivity index (χ2v) is 5.55. The molecule has 2 N–H and O–H groups in total. The van der Waals surface area contributed by atoms with E-state index in [-0.39, 0.29) is 11.4 Å². The van der Waals surface area contributed by atoms with Crippen molar-refractivity contribution in [2.45, 2.75) is 25.3 Å². The summed E-state index contributed by atoms with van der Waals surface area (Å²) < 4.78 is 15.0. The van der Waals surface area contributed by atoms with Crippen LogP contribution in [0, 0.1) is 11.7 Å². The van der Waals surface area contributed by atoms with E-state index in [0.717, 1.165) is 6.42 Å². The maximum absolute atomic E-state index is 13.7. The number of carbonyl (C=O) groups is 2. The van der Waals surface area contributed by atoms with Crippen LogP contribution < -0.4 is 5.32 Å². The van der Waals surface area contributed by atoms with Gasteiger partial charge in [-0.3, -0.25) is 9.59 Å². The zero-order valence-corrected chi connectivity index (χ0v) is 12.3. The third-order valence-corrected chi connectivity index (χ3v) is 4.07. The highest BCUT2D eigenvalue weighted by Crippen LogP contribution is 2.26. The largest absolute Gasteiger partial charge is 0.481 e. The highest BCUT2D eigenvalue weighted by Gasteiger charge is 2.34. The molecule has 1 heterocycles. The molecule has 2 aromatic rings. The Hall–Kier alpha value is -2.70. The molecule has 1 saturated carbocycles. The lowest BCUT2D eigenvalue weighted by atomic mass is 10.0. The second kappa shape index (κ2) is 6.20. The summed E-state index contributed by atoms with van der Waals surface area (Å²) in [6, 6.07) is 7.21. The lowest BCUT2D eigenvalue weighted by molar-refractivity contribution is -0.142. The van der Waals surface area contributed by atoms with Gasteiger partial charge in [-0.2, -0.15) is 5.10 Å². The van der Waals surface area contributed by atoms with Crippen LogP contribution in [0.15, 0.2) is 36.5 Å². The summed E-state index contributed by atoms with van der Waals surface area (Å²) in [6.45, 7) is 0. The summed E-state index contributed by atoms with van der Waals surface area (Å²) in [7, 11) is 0. The molecule has 2 atom stereocenters. The quantitative estimate of drug-likeness (QED) is 0.903. The summed E-state index contributed by atoms with van der Waals surface area (Å²) in [5, 5.41) is 15.9. The van der Waals surface area contributed by atoms with Crippen molar-refractivity contribution in [3.8, 4) is 5.69 Å². The fourth-order valence-electron chi connectivity index (χ4n) is 2.89. The van der Waals surface area contributed by atoms with Crippen LogP contribution in [0.5, 0.6) is 0 Å². The van der Waals surface area contributed by atoms with E-state index in [0.29, 0.717) is 12.8 Å². The number of carbonyl (C=O) groups excluding carboxylic acids is 1. The van der Waals surface area contributed by atoms with Gasteiger partial charge in [0, 0.05) is 12.2 Å². The molecule has 7 heteroatoms. The van der Waals surface area contributed by atoms with Gasteiger partial charge in [0.1, 0.15) is 11.5 Å². The molecule has 3 rings (SSSR count). The molecular weight excluding hydrogens is 301 g/mol. The third-order valence-electron chi connectivity index (χ3n) is 4.07. The van der Waals surface area contributed by atoms with E-state index in [2.05, 4.69) is 10.4 Å². The Balaban J connectivity index is 1.74. The van der Waals surface area contributed by atoms with Gasteiger partial charge < -0.3 is 10.4 Å². The maximum Gasteiger partial charge on any atom is 0.308 e. The van der Waals surface area contributed by atoms with Crippen LogP contribution in [-0.4, -0.2) is 32.8 Å². The lowest BCUT2D eigenvalue weighted by Crippen LogP contribution is -2.40. The Kier molecular flexibility index (Phi) is 4.10. The number of benzene rings is 1. The molecule has 1 aliphatic rings. The zero-order chi connectivity index (χ0) is 16.4. The number of nitrogens with one attached hydrogen (secondary N) is 1. The van der Waals surface area contributed by atoms with E-state index < -0.39 is 29.7 Å². The predicted octanol–water partition coefficient (Wildman–Crippen LogP) is 1.99. The average Bonchev–Trinajstić information content (AvgIpc) is 3.16. The van der Waals surface area contributed by atoms with Crippen molar-refractivity contribution in [1.29, 1.82) is 0 Å². The van der Waals surface area contributed by atoms with Gasteiger partial charge in [-0.1, -0.05) is 18.6 Å². The molecule has 0 bridgehead atoms. The summed E-state index contributed by atoms with van der Waals surface area (Å²) in [6.07, 6.45) is 3.46. The Labute approximate surface area is 131 Å². The van der Waals surface area contributed by atoms with Crippen molar-refractivity contribution in [3.05, 3.63) is 48.0 Å². The number of aromatic nitrogens is 2. The minimum atomic E-state index is -0.898. The highest BCUT2D eigenvalue weighted by molar-refractivity contribution is 5.92. The van der Waals surface area contributed by atoms with E-state index in [1.54, 1.807) is 18.2 Å². The smallest absolute Gasteiger partial charge is 0.308 e. The van der Waals surface area contributed by atoms with Crippen molar-refractivity contribution >= 4 is 11.9 Å². The Morgan fingerprint density at radius 1 is 1.26 bits per heavy atom. The minimum Gasteiger partial charge on any atom is -0.481 e. The van der Waals surface area contributed by atoms with Gasteiger partial charge in [-0.25, -0.2) is 9.07 Å². The standard InChI is InChI=1S/C16H16FN3O3/c17-11-5-1-2-7-14(11)20-9-8-13(19-20)15(21)18-12-6-3-4-10(12)16(22)23/h1-2,5,7-10,12H,3-4,6H2,(H,18,21)(H,22,23)/t10-,12+/m1/s1. The molecule has 1 fully saturated rings. The van der Waals surface area contributed by atoms with Gasteiger partial charge in [0.05, 0.1) is 5.92 Å². The molecular formula is C16H16FN3O3. The van der Waals surface area contributed by atoms with E-state index >= 15 is 0 Å². The van der Waals surface area contributed by atoms with Crippen LogP contribution >= 0.6 is 0 Å². The summed E-state index contributed by atoms with van der Waals surface area (Å²) in [4.78, 5) is 23.4. The van der Waals surface area contributed by atoms with Gasteiger partial charge in [0.25, 0.3) is 5.91 Å². The molecule has 0 saturated heterocycles. The number of rotatable bonds is 4. The van der Waals surface area contributed by atoms with Crippen LogP contribution in [0.1, 0.15) is 29.8 Å². The first-order chi connectivity index (χ1) is 11.1. The molecule has 23 heavy (non-hydrogen) atoms. The fourth-order valence-corrected chi connectivity index (χ4v) is 2.89. The number of carboxylic acid groups (broad SMARTS) is 1. The number of para-hydroxylation sites is 1. The Bertz CT molecular complexity index is 744. The first-order valence-corrected chi connectivity index (χ1v) is 7.40. The van der Waals surface area contributed by atoms with E-state index in [4.69, 9.17) is 5.11 Å². The van der Waals surface area contributed by atoms with E-state index in [1.807, 2.05) is 0 Å². The Morgan fingerprint density at radius 3 is 2.78 bits per heavy atom. The topological polar surface area (TPSA) is 84.2 Å². The van der Waals surface area contributed by atoms with E-state index in [9.17, 15) is 14.0 Å². The summed E-state index contributed by atoms with van der Waals surface area (Å²) in [5.74, 6) is -2.35. The SMILES string of the molecule is O=C(N[C@H]1CCC[C@H]1C(=O)O)c1ccn(-c2ccccc2F)n1. The first kappa shape index (κ1) is 15.2. The van der Waals surface area contributed by atoms with Crippen molar-refractivity contribution in [2.24, 2.45) is 5.92 Å². The molecule has 0 unspecified atom stereocenters. The van der Waals surface area contributed by atoms with Crippen LogP contribution in [0.3, 0.4) is 0 Å². The number of amides is 1. The van der Waals surface area contributed by atoms with Gasteiger partial charge in [0.15, 0.2) is 5.69 Å². The predicted molar refractivity (Wildman–Crippen MR) is 79.8 cm³/mol. The molecule has 120 valence electrons. The molecule has 6 nitrogen and oxygen atoms in total. The number of carboxylic acids is 1. The van der Waals surface area contributed by atoms with Gasteiger partial charge in [-0.05, 0) is 31.0 Å². The minimum absolute atomic E-state index is 0.129. The van der Waals surface area contributed by atoms with E-state index in [1.165, 1.54) is 23.0 Å². The molecule has 1 aromatic carbocycles. The maximum atomic E-state index is 13.7. The van der Waals surface area contributed by atoms with Crippen molar-refractivity contribution < 1.29 is 19.1 Å². The van der Waals surface area contributed by atoms with Crippen LogP contribution in [0.2, 0.25) is 0 Å². The zero-order valence-electron chi connectivity index (χ0n) is 12.3. The van der Waals surface area contributed by atoms with Crippen LogP contribution in [0.4, 0.5) is 4.39 Å². The molecule has 0 radical (unpaired) electrons. The van der Waals surface area contributed by atoms with Crippen LogP contribution in [-0.2, 0) is 4.79 Å². The number of hydrogen-bond acceptors (Lipinski definition) is 3. The number of hydrogen-bond donors (Lipinski definition) is 2.